The van der Waals surface area contributed by atoms with Crippen molar-refractivity contribution in [3.63, 3.8) is 0 Å². The predicted molar refractivity (Wildman–Crippen MR) is 214 cm³/mol. The first-order valence-electron chi connectivity index (χ1n) is 18.3. The lowest BCUT2D eigenvalue weighted by molar-refractivity contribution is 0.0601. The molecule has 2 N–H and O–H groups in total. The molecule has 0 saturated carbocycles. The number of fused-ring (bicyclic) bond motifs is 2. The highest BCUT2D eigenvalue weighted by atomic mass is 32.2. The Labute approximate surface area is 324 Å². The number of methoxy groups -OCH3 is 1. The molecule has 0 spiro atoms. The summed E-state index contributed by atoms with van der Waals surface area (Å²) in [5.41, 5.74) is 4.99. The van der Waals surface area contributed by atoms with Gasteiger partial charge in [0, 0.05) is 93.6 Å². The Morgan fingerprint density at radius 3 is 1.93 bits per heavy atom. The van der Waals surface area contributed by atoms with E-state index in [1.54, 1.807) is 46.5 Å². The zero-order chi connectivity index (χ0) is 38.5. The largest absolute Gasteiger partial charge is 0.465 e. The summed E-state index contributed by atoms with van der Waals surface area (Å²) in [6.07, 6.45) is 5.22. The minimum atomic E-state index is -3.90. The number of aromatic nitrogens is 2. The van der Waals surface area contributed by atoms with Crippen molar-refractivity contribution in [1.82, 2.24) is 29.0 Å². The van der Waals surface area contributed by atoms with Gasteiger partial charge in [-0.15, -0.1) is 11.3 Å². The number of hydrogen-bond donors (Lipinski definition) is 2. The third kappa shape index (κ3) is 8.08. The molecule has 3 aromatic carbocycles. The van der Waals surface area contributed by atoms with E-state index in [0.29, 0.717) is 63.2 Å². The molecule has 0 atom stereocenters. The van der Waals surface area contributed by atoms with E-state index in [9.17, 15) is 22.8 Å². The van der Waals surface area contributed by atoms with Gasteiger partial charge in [0.25, 0.3) is 11.8 Å². The lowest BCUT2D eigenvalue weighted by Crippen LogP contribution is -2.50. The first kappa shape index (κ1) is 38.0. The molecule has 0 bridgehead atoms. The third-order valence-corrected chi connectivity index (χ3v) is 13.3. The molecule has 1 aliphatic heterocycles. The number of carbonyl (C=O) groups excluding carboxylic acids is 3. The molecule has 3 aromatic heterocycles. The maximum absolute atomic E-state index is 14.5. The van der Waals surface area contributed by atoms with Gasteiger partial charge >= 0.3 is 5.97 Å². The number of amides is 2. The van der Waals surface area contributed by atoms with Crippen LogP contribution in [0.15, 0.2) is 102 Å². The van der Waals surface area contributed by atoms with Crippen LogP contribution in [0.1, 0.15) is 41.5 Å². The van der Waals surface area contributed by atoms with Gasteiger partial charge < -0.3 is 24.5 Å². The van der Waals surface area contributed by atoms with Gasteiger partial charge in [0.15, 0.2) is 0 Å². The number of thiophene rings is 1. The fourth-order valence-corrected chi connectivity index (χ4v) is 9.94. The lowest BCUT2D eigenvalue weighted by Gasteiger charge is -2.35. The second-order valence-electron chi connectivity index (χ2n) is 13.6. The maximum Gasteiger partial charge on any atom is 0.349 e. The molecular weight excluding hydrogens is 737 g/mol. The summed E-state index contributed by atoms with van der Waals surface area (Å²) < 4.78 is 33.2. The molecule has 0 aliphatic carbocycles. The third-order valence-electron chi connectivity index (χ3n) is 10.4. The summed E-state index contributed by atoms with van der Waals surface area (Å²) in [6.45, 7) is 3.18. The molecule has 7 rings (SSSR count). The van der Waals surface area contributed by atoms with Crippen LogP contribution in [-0.4, -0.2) is 122 Å². The SMILES string of the molecule is COC(=O)c1sccc1S(=O)(=O)N1CCN(CCN(CCc2c[nH]c3ccccc23)C(=O)c2ccccc2C(=O)N(C)CCc2c[nH]c3ccccc23)CC1. The molecule has 286 valence electrons. The van der Waals surface area contributed by atoms with Crippen molar-refractivity contribution in [3.05, 3.63) is 124 Å². The van der Waals surface area contributed by atoms with Gasteiger partial charge in [0.05, 0.1) is 18.2 Å². The smallest absolute Gasteiger partial charge is 0.349 e. The Morgan fingerprint density at radius 2 is 1.31 bits per heavy atom. The van der Waals surface area contributed by atoms with Crippen LogP contribution in [0, 0.1) is 0 Å². The van der Waals surface area contributed by atoms with Crippen molar-refractivity contribution in [2.75, 3.05) is 66.5 Å². The Morgan fingerprint density at radius 1 is 0.745 bits per heavy atom. The molecular formula is C41H44N6O6S2. The average molecular weight is 781 g/mol. The van der Waals surface area contributed by atoms with E-state index in [4.69, 9.17) is 4.74 Å². The van der Waals surface area contributed by atoms with Crippen molar-refractivity contribution in [3.8, 4) is 0 Å². The van der Waals surface area contributed by atoms with Crippen molar-refractivity contribution in [1.29, 1.82) is 0 Å². The van der Waals surface area contributed by atoms with E-state index in [1.165, 1.54) is 17.5 Å². The van der Waals surface area contributed by atoms with Crippen molar-refractivity contribution < 1.29 is 27.5 Å². The van der Waals surface area contributed by atoms with Crippen molar-refractivity contribution >= 4 is 60.9 Å². The molecule has 1 saturated heterocycles. The van der Waals surface area contributed by atoms with Crippen molar-refractivity contribution in [2.24, 2.45) is 0 Å². The highest BCUT2D eigenvalue weighted by Crippen LogP contribution is 2.27. The Balaban J connectivity index is 1.05. The number of likely N-dealkylation sites (N-methyl/N-ethyl adjacent to an activating group) is 1. The van der Waals surface area contributed by atoms with Crippen molar-refractivity contribution in [2.45, 2.75) is 17.7 Å². The second kappa shape index (κ2) is 16.6. The summed E-state index contributed by atoms with van der Waals surface area (Å²) in [6, 6.07) is 24.6. The van der Waals surface area contributed by atoms with Crippen LogP contribution >= 0.6 is 11.3 Å². The van der Waals surface area contributed by atoms with Crippen LogP contribution in [0.25, 0.3) is 21.8 Å². The molecule has 12 nitrogen and oxygen atoms in total. The number of benzene rings is 3. The molecule has 0 unspecified atom stereocenters. The number of carbonyl (C=O) groups is 3. The monoisotopic (exact) mass is 780 g/mol. The summed E-state index contributed by atoms with van der Waals surface area (Å²) in [7, 11) is -0.900. The summed E-state index contributed by atoms with van der Waals surface area (Å²) >= 11 is 1.04. The standard InChI is InChI=1S/C41H44N6O6S2/c1-44(18-15-29-27-42-35-13-7-5-9-31(29)35)39(48)33-11-3-4-12-34(33)40(49)46(19-16-30-28-43-36-14-8-6-10-32(30)36)23-20-45-21-24-47(25-22-45)55(51,52)37-17-26-54-38(37)41(50)53-2/h3-14,17,26-28,42-43H,15-16,18-25H2,1-2H3. The number of piperazine rings is 1. The van der Waals surface area contributed by atoms with Gasteiger partial charge in [-0.1, -0.05) is 48.5 Å². The number of hydrogen-bond acceptors (Lipinski definition) is 8. The Bertz CT molecular complexity index is 2430. The zero-order valence-corrected chi connectivity index (χ0v) is 32.5. The first-order chi connectivity index (χ1) is 26.7. The molecule has 14 heteroatoms. The fourth-order valence-electron chi connectivity index (χ4n) is 7.21. The predicted octanol–water partition coefficient (Wildman–Crippen LogP) is 5.50. The summed E-state index contributed by atoms with van der Waals surface area (Å²) in [5.74, 6) is -1.13. The normalized spacial score (nSPS) is 14.0. The van der Waals surface area contributed by atoms with E-state index in [1.807, 2.05) is 48.8 Å². The lowest BCUT2D eigenvalue weighted by atomic mass is 10.0. The molecule has 4 heterocycles. The second-order valence-corrected chi connectivity index (χ2v) is 16.5. The van der Waals surface area contributed by atoms with Crippen LogP contribution in [0.4, 0.5) is 0 Å². The van der Waals surface area contributed by atoms with Crippen LogP contribution in [-0.2, 0) is 27.6 Å². The van der Waals surface area contributed by atoms with Gasteiger partial charge in [0.2, 0.25) is 10.0 Å². The molecule has 0 radical (unpaired) electrons. The number of aromatic amines is 2. The van der Waals surface area contributed by atoms with Gasteiger partial charge in [-0.05, 0) is 59.7 Å². The molecule has 2 amide bonds. The van der Waals surface area contributed by atoms with Crippen LogP contribution in [0.3, 0.4) is 0 Å². The van der Waals surface area contributed by atoms with E-state index in [2.05, 4.69) is 27.0 Å². The number of esters is 1. The zero-order valence-electron chi connectivity index (χ0n) is 30.9. The molecule has 1 aliphatic rings. The van der Waals surface area contributed by atoms with Crippen LogP contribution in [0.5, 0.6) is 0 Å². The van der Waals surface area contributed by atoms with Crippen LogP contribution in [0.2, 0.25) is 0 Å². The fraction of sp³-hybridized carbons (Fsp3) is 0.293. The Hall–Kier alpha value is -5.28. The van der Waals surface area contributed by atoms with E-state index < -0.39 is 16.0 Å². The number of para-hydroxylation sites is 2. The Kier molecular flexibility index (Phi) is 11.5. The maximum atomic E-state index is 14.5. The van der Waals surface area contributed by atoms with Gasteiger partial charge in [-0.2, -0.15) is 4.31 Å². The number of nitrogens with zero attached hydrogens (tertiary/aromatic N) is 4. The average Bonchev–Trinajstić information content (AvgIpc) is 3.99. The summed E-state index contributed by atoms with van der Waals surface area (Å²) in [5, 5.41) is 3.80. The number of H-pyrrole nitrogens is 2. The summed E-state index contributed by atoms with van der Waals surface area (Å²) in [4.78, 5) is 52.9. The van der Waals surface area contributed by atoms with Gasteiger partial charge in [-0.25, -0.2) is 13.2 Å². The topological polar surface area (TPSA) is 139 Å². The number of nitrogens with one attached hydrogen (secondary N) is 2. The molecule has 6 aromatic rings. The highest BCUT2D eigenvalue weighted by molar-refractivity contribution is 7.89. The molecule has 1 fully saturated rings. The van der Waals surface area contributed by atoms with Crippen LogP contribution < -0.4 is 0 Å². The van der Waals surface area contributed by atoms with Gasteiger partial charge in [0.1, 0.15) is 9.77 Å². The van der Waals surface area contributed by atoms with E-state index in [-0.39, 0.29) is 34.7 Å². The van der Waals surface area contributed by atoms with E-state index >= 15 is 0 Å². The van der Waals surface area contributed by atoms with Gasteiger partial charge in [-0.3, -0.25) is 14.5 Å². The molecule has 55 heavy (non-hydrogen) atoms. The number of ether oxygens (including phenoxy) is 1. The highest BCUT2D eigenvalue weighted by Gasteiger charge is 2.33. The minimum Gasteiger partial charge on any atom is -0.465 e. The number of sulfonamides is 1. The van der Waals surface area contributed by atoms with E-state index in [0.717, 1.165) is 44.3 Å². The number of rotatable bonds is 14. The first-order valence-corrected chi connectivity index (χ1v) is 20.6. The minimum absolute atomic E-state index is 0.0383. The quantitative estimate of drug-likeness (QED) is 0.139.